The zero-order valence-corrected chi connectivity index (χ0v) is 14.1. The van der Waals surface area contributed by atoms with Crippen molar-refractivity contribution in [1.82, 2.24) is 0 Å². The van der Waals surface area contributed by atoms with E-state index in [0.717, 1.165) is 9.13 Å². The summed E-state index contributed by atoms with van der Waals surface area (Å²) < 4.78 is 39.0. The highest BCUT2D eigenvalue weighted by Crippen LogP contribution is 2.39. The molecule has 1 saturated heterocycles. The number of rotatable bonds is 4. The fraction of sp³-hybridized carbons (Fsp3) is 0.500. The smallest absolute Gasteiger partial charge is 0.333 e. The van der Waals surface area contributed by atoms with Crippen LogP contribution in [0.4, 0.5) is 0 Å². The van der Waals surface area contributed by atoms with Crippen LogP contribution >= 0.6 is 22.6 Å². The van der Waals surface area contributed by atoms with Crippen molar-refractivity contribution in [2.45, 2.75) is 31.8 Å². The van der Waals surface area contributed by atoms with E-state index in [9.17, 15) is 8.42 Å². The van der Waals surface area contributed by atoms with Crippen LogP contribution in [-0.4, -0.2) is 26.9 Å². The van der Waals surface area contributed by atoms with Gasteiger partial charge in [-0.2, -0.15) is 8.42 Å². The third kappa shape index (κ3) is 4.12. The maximum absolute atomic E-state index is 10.9. The van der Waals surface area contributed by atoms with Gasteiger partial charge in [-0.25, -0.2) is 5.14 Å². The van der Waals surface area contributed by atoms with Gasteiger partial charge in [-0.3, -0.25) is 4.18 Å². The van der Waals surface area contributed by atoms with Crippen LogP contribution in [0.1, 0.15) is 25.5 Å². The number of benzene rings is 1. The molecule has 1 aromatic carbocycles. The van der Waals surface area contributed by atoms with E-state index >= 15 is 0 Å². The lowest BCUT2D eigenvalue weighted by atomic mass is 10.1. The molecule has 1 aromatic rings. The summed E-state index contributed by atoms with van der Waals surface area (Å²) in [6.45, 7) is 3.36. The lowest BCUT2D eigenvalue weighted by Gasteiger charge is -2.18. The average molecular weight is 413 g/mol. The van der Waals surface area contributed by atoms with Crippen molar-refractivity contribution in [3.8, 4) is 0 Å². The molecule has 6 nitrogen and oxygen atoms in total. The fourth-order valence-corrected chi connectivity index (χ4v) is 3.11. The van der Waals surface area contributed by atoms with Gasteiger partial charge in [-0.15, -0.1) is 0 Å². The second kappa shape index (κ2) is 5.85. The molecule has 1 fully saturated rings. The molecule has 0 aliphatic carbocycles. The van der Waals surface area contributed by atoms with E-state index in [1.54, 1.807) is 13.8 Å². The average Bonchev–Trinajstić information content (AvgIpc) is 2.62. The van der Waals surface area contributed by atoms with Gasteiger partial charge in [-0.05, 0) is 48.1 Å². The summed E-state index contributed by atoms with van der Waals surface area (Å²) in [5, 5.41) is 4.85. The van der Waals surface area contributed by atoms with Gasteiger partial charge in [0.2, 0.25) is 0 Å². The lowest BCUT2D eigenvalue weighted by Crippen LogP contribution is -2.28. The standard InChI is InChI=1S/C12H16INO5S/c1-12(2)18-10(7-17-20(14,15)16)11(19-12)8-5-3-4-6-9(8)13/h3-6,10-11H,7H2,1-2H3,(H2,14,15,16)/t10-,11-/m1/s1. The summed E-state index contributed by atoms with van der Waals surface area (Å²) in [6.07, 6.45) is -0.945. The van der Waals surface area contributed by atoms with Crippen LogP contribution in [0.15, 0.2) is 24.3 Å². The lowest BCUT2D eigenvalue weighted by molar-refractivity contribution is -0.148. The first-order valence-corrected chi connectivity index (χ1v) is 8.50. The van der Waals surface area contributed by atoms with Gasteiger partial charge in [-0.1, -0.05) is 18.2 Å². The van der Waals surface area contributed by atoms with Gasteiger partial charge in [0.05, 0.1) is 6.61 Å². The number of ether oxygens (including phenoxy) is 2. The molecule has 0 unspecified atom stereocenters. The molecule has 1 aliphatic rings. The second-order valence-electron chi connectivity index (χ2n) is 4.89. The number of halogens is 1. The maximum Gasteiger partial charge on any atom is 0.333 e. The molecule has 8 heteroatoms. The van der Waals surface area contributed by atoms with Gasteiger partial charge >= 0.3 is 10.3 Å². The van der Waals surface area contributed by atoms with Crippen LogP contribution in [0, 0.1) is 3.57 Å². The molecule has 112 valence electrons. The Morgan fingerprint density at radius 1 is 1.35 bits per heavy atom. The van der Waals surface area contributed by atoms with Crippen LogP contribution < -0.4 is 5.14 Å². The molecule has 2 N–H and O–H groups in total. The molecular formula is C12H16INO5S. The Balaban J connectivity index is 2.23. The van der Waals surface area contributed by atoms with E-state index < -0.39 is 28.3 Å². The van der Waals surface area contributed by atoms with E-state index in [1.807, 2.05) is 24.3 Å². The third-order valence-corrected chi connectivity index (χ3v) is 4.24. The zero-order chi connectivity index (χ0) is 15.0. The highest BCUT2D eigenvalue weighted by atomic mass is 127. The Morgan fingerprint density at radius 2 is 2.00 bits per heavy atom. The van der Waals surface area contributed by atoms with E-state index in [0.29, 0.717) is 0 Å². The van der Waals surface area contributed by atoms with Gasteiger partial charge in [0, 0.05) is 3.57 Å². The summed E-state index contributed by atoms with van der Waals surface area (Å²) in [6, 6.07) is 7.68. The molecule has 0 spiro atoms. The molecule has 2 atom stereocenters. The normalized spacial score (nSPS) is 25.8. The van der Waals surface area contributed by atoms with E-state index in [4.69, 9.17) is 14.6 Å². The Kier molecular flexibility index (Phi) is 4.72. The Labute approximate surface area is 132 Å². The van der Waals surface area contributed by atoms with Crippen molar-refractivity contribution in [3.05, 3.63) is 33.4 Å². The van der Waals surface area contributed by atoms with Crippen molar-refractivity contribution in [1.29, 1.82) is 0 Å². The largest absolute Gasteiger partial charge is 0.342 e. The van der Waals surface area contributed by atoms with Crippen LogP contribution in [0.5, 0.6) is 0 Å². The Morgan fingerprint density at radius 3 is 2.60 bits per heavy atom. The highest BCUT2D eigenvalue weighted by molar-refractivity contribution is 14.1. The first-order chi connectivity index (χ1) is 9.18. The molecule has 0 aromatic heterocycles. The minimum absolute atomic E-state index is 0.183. The molecule has 1 heterocycles. The predicted octanol–water partition coefficient (Wildman–Crippen LogP) is 1.70. The minimum Gasteiger partial charge on any atom is -0.342 e. The third-order valence-electron chi connectivity index (χ3n) is 2.79. The van der Waals surface area contributed by atoms with Crippen LogP contribution in [0.2, 0.25) is 0 Å². The predicted molar refractivity (Wildman–Crippen MR) is 81.0 cm³/mol. The Bertz CT molecular complexity index is 589. The summed E-state index contributed by atoms with van der Waals surface area (Å²) in [5.41, 5.74) is 0.932. The van der Waals surface area contributed by atoms with E-state index in [1.165, 1.54) is 0 Å². The van der Waals surface area contributed by atoms with Gasteiger partial charge in [0.25, 0.3) is 0 Å². The summed E-state index contributed by atoms with van der Waals surface area (Å²) in [7, 11) is -4.00. The minimum atomic E-state index is -4.00. The molecule has 2 rings (SSSR count). The first kappa shape index (κ1) is 16.1. The number of nitrogens with two attached hydrogens (primary N) is 1. The van der Waals surface area contributed by atoms with Gasteiger partial charge < -0.3 is 9.47 Å². The topological polar surface area (TPSA) is 87.9 Å². The van der Waals surface area contributed by atoms with Crippen molar-refractivity contribution in [2.24, 2.45) is 5.14 Å². The quantitative estimate of drug-likeness (QED) is 0.760. The second-order valence-corrected chi connectivity index (χ2v) is 7.28. The summed E-state index contributed by atoms with van der Waals surface area (Å²) in [5.74, 6) is -0.810. The molecule has 0 radical (unpaired) electrons. The van der Waals surface area contributed by atoms with Crippen molar-refractivity contribution in [3.63, 3.8) is 0 Å². The van der Waals surface area contributed by atoms with E-state index in [-0.39, 0.29) is 6.61 Å². The van der Waals surface area contributed by atoms with Gasteiger partial charge in [0.1, 0.15) is 12.2 Å². The summed E-state index contributed by atoms with van der Waals surface area (Å²) in [4.78, 5) is 0. The van der Waals surface area contributed by atoms with Crippen molar-refractivity contribution < 1.29 is 22.1 Å². The molecular weight excluding hydrogens is 397 g/mol. The first-order valence-electron chi connectivity index (χ1n) is 5.95. The monoisotopic (exact) mass is 413 g/mol. The fourth-order valence-electron chi connectivity index (χ4n) is 2.09. The van der Waals surface area contributed by atoms with Crippen LogP contribution in [0.3, 0.4) is 0 Å². The number of hydrogen-bond donors (Lipinski definition) is 1. The maximum atomic E-state index is 10.9. The zero-order valence-electron chi connectivity index (χ0n) is 11.1. The SMILES string of the molecule is CC1(C)O[C@H](c2ccccc2I)[C@@H](COS(N)(=O)=O)O1. The Hall–Kier alpha value is -0.260. The van der Waals surface area contributed by atoms with Crippen molar-refractivity contribution in [2.75, 3.05) is 6.61 Å². The summed E-state index contributed by atoms with van der Waals surface area (Å²) >= 11 is 2.20. The highest BCUT2D eigenvalue weighted by Gasteiger charge is 2.43. The molecule has 1 aliphatic heterocycles. The van der Waals surface area contributed by atoms with Gasteiger partial charge in [0.15, 0.2) is 5.79 Å². The van der Waals surface area contributed by atoms with Crippen molar-refractivity contribution >= 4 is 32.9 Å². The number of hydrogen-bond acceptors (Lipinski definition) is 5. The van der Waals surface area contributed by atoms with E-state index in [2.05, 4.69) is 26.8 Å². The molecule has 0 saturated carbocycles. The van der Waals surface area contributed by atoms with Crippen LogP contribution in [-0.2, 0) is 24.0 Å². The molecule has 0 bridgehead atoms. The molecule has 0 amide bonds. The van der Waals surface area contributed by atoms with Crippen LogP contribution in [0.25, 0.3) is 0 Å². The molecule has 20 heavy (non-hydrogen) atoms.